The summed E-state index contributed by atoms with van der Waals surface area (Å²) < 4.78 is 0. The van der Waals surface area contributed by atoms with Crippen molar-refractivity contribution in [1.82, 2.24) is 0 Å². The van der Waals surface area contributed by atoms with Crippen molar-refractivity contribution >= 4 is 17.1 Å². The Hall–Kier alpha value is -1.86. The van der Waals surface area contributed by atoms with E-state index in [1.165, 1.54) is 0 Å². The average Bonchev–Trinajstić information content (AvgIpc) is 2.36. The van der Waals surface area contributed by atoms with Crippen molar-refractivity contribution in [3.63, 3.8) is 0 Å². The van der Waals surface area contributed by atoms with E-state index in [1.54, 1.807) is 18.2 Å². The highest BCUT2D eigenvalue weighted by molar-refractivity contribution is 5.76. The van der Waals surface area contributed by atoms with E-state index in [1.807, 2.05) is 6.92 Å². The Bertz CT molecular complexity index is 411. The van der Waals surface area contributed by atoms with E-state index in [0.29, 0.717) is 17.9 Å². The molecule has 0 amide bonds. The third kappa shape index (κ3) is 3.57. The molecule has 18 heavy (non-hydrogen) atoms. The lowest BCUT2D eigenvalue weighted by atomic mass is 10.2. The number of nitro benzene ring substituents is 1. The predicted octanol–water partition coefficient (Wildman–Crippen LogP) is 0.792. The number of aliphatic hydroxyl groups is 2. The first kappa shape index (κ1) is 14.2. The van der Waals surface area contributed by atoms with Gasteiger partial charge in [0.2, 0.25) is 0 Å². The van der Waals surface area contributed by atoms with Crippen molar-refractivity contribution in [2.45, 2.75) is 13.0 Å². The van der Waals surface area contributed by atoms with Gasteiger partial charge < -0.3 is 20.8 Å². The molecule has 0 bridgehead atoms. The van der Waals surface area contributed by atoms with E-state index in [0.717, 1.165) is 0 Å². The van der Waals surface area contributed by atoms with Crippen LogP contribution in [0, 0.1) is 10.1 Å². The Balaban J connectivity index is 2.95. The Morgan fingerprint density at radius 3 is 2.50 bits per heavy atom. The molecule has 7 nitrogen and oxygen atoms in total. The fourth-order valence-electron chi connectivity index (χ4n) is 1.51. The summed E-state index contributed by atoms with van der Waals surface area (Å²) in [5.41, 5.74) is 0.668. The third-order valence-electron chi connectivity index (χ3n) is 2.32. The van der Waals surface area contributed by atoms with Crippen molar-refractivity contribution in [1.29, 1.82) is 0 Å². The largest absolute Gasteiger partial charge is 0.394 e. The number of anilines is 2. The number of nitrogens with one attached hydrogen (secondary N) is 2. The molecule has 1 rings (SSSR count). The molecular formula is C11H17N3O4. The Morgan fingerprint density at radius 1 is 1.39 bits per heavy atom. The van der Waals surface area contributed by atoms with Gasteiger partial charge in [-0.25, -0.2) is 0 Å². The molecule has 7 heteroatoms. The van der Waals surface area contributed by atoms with Gasteiger partial charge in [0.25, 0.3) is 0 Å². The van der Waals surface area contributed by atoms with E-state index in [2.05, 4.69) is 10.6 Å². The normalized spacial score (nSPS) is 11.9. The molecule has 100 valence electrons. The number of aliphatic hydroxyl groups excluding tert-OH is 2. The van der Waals surface area contributed by atoms with E-state index in [9.17, 15) is 15.2 Å². The van der Waals surface area contributed by atoms with E-state index in [4.69, 9.17) is 5.11 Å². The standard InChI is InChI=1S/C11H17N3O4/c1-2-12-9-4-3-5-10(11(9)14(17)18)13-6-8(16)7-15/h3-5,8,12-13,15-16H,2,6-7H2,1H3. The highest BCUT2D eigenvalue weighted by atomic mass is 16.6. The quantitative estimate of drug-likeness (QED) is 0.424. The highest BCUT2D eigenvalue weighted by Crippen LogP contribution is 2.32. The van der Waals surface area contributed by atoms with Crippen molar-refractivity contribution in [3.8, 4) is 0 Å². The smallest absolute Gasteiger partial charge is 0.315 e. The van der Waals surface area contributed by atoms with Crippen LogP contribution in [0.1, 0.15) is 6.92 Å². The average molecular weight is 255 g/mol. The van der Waals surface area contributed by atoms with Gasteiger partial charge in [0.1, 0.15) is 11.4 Å². The fraction of sp³-hybridized carbons (Fsp3) is 0.455. The topological polar surface area (TPSA) is 108 Å². The van der Waals surface area contributed by atoms with Gasteiger partial charge in [0, 0.05) is 13.1 Å². The van der Waals surface area contributed by atoms with Gasteiger partial charge in [0.15, 0.2) is 0 Å². The highest BCUT2D eigenvalue weighted by Gasteiger charge is 2.19. The lowest BCUT2D eigenvalue weighted by molar-refractivity contribution is -0.383. The first-order valence-electron chi connectivity index (χ1n) is 5.64. The van der Waals surface area contributed by atoms with E-state index in [-0.39, 0.29) is 12.2 Å². The second-order valence-corrected chi connectivity index (χ2v) is 3.71. The van der Waals surface area contributed by atoms with Crippen LogP contribution in [0.25, 0.3) is 0 Å². The lowest BCUT2D eigenvalue weighted by Gasteiger charge is -2.12. The molecule has 1 aromatic rings. The number of para-hydroxylation sites is 1. The second-order valence-electron chi connectivity index (χ2n) is 3.71. The van der Waals surface area contributed by atoms with Crippen LogP contribution < -0.4 is 10.6 Å². The molecule has 1 aromatic carbocycles. The van der Waals surface area contributed by atoms with Gasteiger partial charge in [-0.3, -0.25) is 10.1 Å². The number of nitro groups is 1. The summed E-state index contributed by atoms with van der Waals surface area (Å²) in [6.07, 6.45) is -0.951. The van der Waals surface area contributed by atoms with Gasteiger partial charge in [-0.2, -0.15) is 0 Å². The van der Waals surface area contributed by atoms with Crippen LogP contribution in [0.15, 0.2) is 18.2 Å². The molecule has 0 aliphatic heterocycles. The second kappa shape index (κ2) is 6.77. The van der Waals surface area contributed by atoms with Crippen LogP contribution in [-0.2, 0) is 0 Å². The van der Waals surface area contributed by atoms with Crippen molar-refractivity contribution in [3.05, 3.63) is 28.3 Å². The predicted molar refractivity (Wildman–Crippen MR) is 68.8 cm³/mol. The van der Waals surface area contributed by atoms with Crippen LogP contribution in [0.3, 0.4) is 0 Å². The van der Waals surface area contributed by atoms with Crippen LogP contribution in [-0.4, -0.2) is 40.9 Å². The maximum Gasteiger partial charge on any atom is 0.315 e. The first-order valence-corrected chi connectivity index (χ1v) is 5.64. The zero-order valence-corrected chi connectivity index (χ0v) is 10.1. The number of nitrogens with zero attached hydrogens (tertiary/aromatic N) is 1. The lowest BCUT2D eigenvalue weighted by Crippen LogP contribution is -2.23. The van der Waals surface area contributed by atoms with E-state index < -0.39 is 17.6 Å². The summed E-state index contributed by atoms with van der Waals surface area (Å²) in [5, 5.41) is 34.6. The molecule has 0 fully saturated rings. The summed E-state index contributed by atoms with van der Waals surface area (Å²) >= 11 is 0. The SMILES string of the molecule is CCNc1cccc(NCC(O)CO)c1[N+](=O)[O-]. The minimum atomic E-state index is -0.951. The fourth-order valence-corrected chi connectivity index (χ4v) is 1.51. The Kier molecular flexibility index (Phi) is 5.34. The van der Waals surface area contributed by atoms with Gasteiger partial charge in [0.05, 0.1) is 17.6 Å². The molecule has 0 heterocycles. The third-order valence-corrected chi connectivity index (χ3v) is 2.32. The van der Waals surface area contributed by atoms with Crippen LogP contribution in [0.2, 0.25) is 0 Å². The molecular weight excluding hydrogens is 238 g/mol. The van der Waals surface area contributed by atoms with E-state index >= 15 is 0 Å². The molecule has 1 atom stereocenters. The summed E-state index contributed by atoms with van der Waals surface area (Å²) in [5.74, 6) is 0. The summed E-state index contributed by atoms with van der Waals surface area (Å²) in [4.78, 5) is 10.6. The molecule has 4 N–H and O–H groups in total. The maximum atomic E-state index is 11.0. The number of hydrogen-bond donors (Lipinski definition) is 4. The first-order chi connectivity index (χ1) is 8.60. The maximum absolute atomic E-state index is 11.0. The molecule has 0 saturated carbocycles. The van der Waals surface area contributed by atoms with Crippen molar-refractivity contribution in [2.24, 2.45) is 0 Å². The minimum absolute atomic E-state index is 0.0485. The van der Waals surface area contributed by atoms with Crippen LogP contribution in [0.4, 0.5) is 17.1 Å². The zero-order valence-electron chi connectivity index (χ0n) is 10.1. The molecule has 0 radical (unpaired) electrons. The number of rotatable bonds is 7. The summed E-state index contributed by atoms with van der Waals surface area (Å²) in [7, 11) is 0. The summed E-state index contributed by atoms with van der Waals surface area (Å²) in [6.45, 7) is 2.07. The van der Waals surface area contributed by atoms with Gasteiger partial charge in [-0.05, 0) is 19.1 Å². The monoisotopic (exact) mass is 255 g/mol. The van der Waals surface area contributed by atoms with Crippen LogP contribution >= 0.6 is 0 Å². The van der Waals surface area contributed by atoms with Gasteiger partial charge >= 0.3 is 5.69 Å². The number of hydrogen-bond acceptors (Lipinski definition) is 6. The molecule has 0 aromatic heterocycles. The summed E-state index contributed by atoms with van der Waals surface area (Å²) in [6, 6.07) is 4.86. The van der Waals surface area contributed by atoms with Crippen molar-refractivity contribution < 1.29 is 15.1 Å². The zero-order chi connectivity index (χ0) is 13.5. The Labute approximate surface area is 105 Å². The molecule has 1 unspecified atom stereocenters. The minimum Gasteiger partial charge on any atom is -0.394 e. The van der Waals surface area contributed by atoms with Gasteiger partial charge in [-0.1, -0.05) is 6.07 Å². The van der Waals surface area contributed by atoms with Crippen LogP contribution in [0.5, 0.6) is 0 Å². The Morgan fingerprint density at radius 2 is 2.00 bits per heavy atom. The molecule has 0 aliphatic carbocycles. The number of benzene rings is 1. The molecule has 0 saturated heterocycles. The van der Waals surface area contributed by atoms with Gasteiger partial charge in [-0.15, -0.1) is 0 Å². The van der Waals surface area contributed by atoms with Crippen molar-refractivity contribution in [2.75, 3.05) is 30.3 Å². The molecule has 0 aliphatic rings. The molecule has 0 spiro atoms.